The van der Waals surface area contributed by atoms with E-state index in [-0.39, 0.29) is 18.3 Å². The Hall–Kier alpha value is -0.945. The van der Waals surface area contributed by atoms with Gasteiger partial charge in [-0.15, -0.1) is 11.3 Å². The lowest BCUT2D eigenvalue weighted by molar-refractivity contribution is 0.00578. The Kier molecular flexibility index (Phi) is 6.02. The predicted octanol–water partition coefficient (Wildman–Crippen LogP) is 4.79. The third-order valence-corrected chi connectivity index (χ3v) is 6.96. The van der Waals surface area contributed by atoms with E-state index in [1.165, 1.54) is 18.0 Å². The number of likely N-dealkylation sites (N-methyl/N-ethyl adjacent to an activating group) is 1. The monoisotopic (exact) mass is 388 g/mol. The third kappa shape index (κ3) is 4.56. The van der Waals surface area contributed by atoms with Crippen LogP contribution in [0.25, 0.3) is 6.08 Å². The molecular formula is C21H33BN2O2S. The van der Waals surface area contributed by atoms with E-state index < -0.39 is 0 Å². The first-order valence-corrected chi connectivity index (χ1v) is 10.8. The topological polar surface area (TPSA) is 34.6 Å². The average Bonchev–Trinajstić information content (AvgIpc) is 3.08. The van der Waals surface area contributed by atoms with Crippen LogP contribution in [0, 0.1) is 5.92 Å². The summed E-state index contributed by atoms with van der Waals surface area (Å²) in [6, 6.07) is 0. The van der Waals surface area contributed by atoms with Crippen LogP contribution in [0.3, 0.4) is 0 Å². The summed E-state index contributed by atoms with van der Waals surface area (Å²) in [6.07, 6.45) is 7.43. The first-order valence-electron chi connectivity index (χ1n) is 9.95. The van der Waals surface area contributed by atoms with Crippen LogP contribution in [0.15, 0.2) is 23.0 Å². The zero-order chi connectivity index (χ0) is 19.8. The third-order valence-electron chi connectivity index (χ3n) is 5.93. The van der Waals surface area contributed by atoms with Crippen LogP contribution in [0.5, 0.6) is 0 Å². The van der Waals surface area contributed by atoms with Crippen LogP contribution < -0.4 is 0 Å². The van der Waals surface area contributed by atoms with Crippen molar-refractivity contribution in [2.45, 2.75) is 65.1 Å². The van der Waals surface area contributed by atoms with Gasteiger partial charge in [-0.05, 0) is 65.6 Å². The molecule has 0 bridgehead atoms. The molecule has 0 N–H and O–H groups in total. The Labute approximate surface area is 168 Å². The fourth-order valence-electron chi connectivity index (χ4n) is 3.89. The van der Waals surface area contributed by atoms with Crippen LogP contribution in [0.4, 0.5) is 0 Å². The molecule has 3 rings (SSSR count). The Bertz CT molecular complexity index is 700. The standard InChI is InChI=1S/C21H33BN2O2S/c1-8-9-17(22-25-20(3,4)21(5,6)26-22)11-18-14-27-19(23-18)16-10-15(2)12-24(7)13-16/h8-9,11,14-16H,10,12-13H2,1-7H3/b9-8-,17-11+. The second kappa shape index (κ2) is 7.82. The van der Waals surface area contributed by atoms with Gasteiger partial charge in [0, 0.05) is 24.4 Å². The van der Waals surface area contributed by atoms with Gasteiger partial charge in [0.15, 0.2) is 0 Å². The minimum atomic E-state index is -0.364. The Balaban J connectivity index is 1.81. The molecule has 0 aliphatic carbocycles. The van der Waals surface area contributed by atoms with Crippen molar-refractivity contribution < 1.29 is 9.31 Å². The largest absolute Gasteiger partial charge is 0.494 e. The fourth-order valence-corrected chi connectivity index (χ4v) is 4.77. The fraction of sp³-hybridized carbons (Fsp3) is 0.667. The minimum absolute atomic E-state index is 0.339. The predicted molar refractivity (Wildman–Crippen MR) is 115 cm³/mol. The van der Waals surface area contributed by atoms with Gasteiger partial charge in [0.25, 0.3) is 0 Å². The average molecular weight is 388 g/mol. The van der Waals surface area contributed by atoms with Crippen LogP contribution in [-0.2, 0) is 9.31 Å². The Morgan fingerprint density at radius 3 is 2.52 bits per heavy atom. The highest BCUT2D eigenvalue weighted by atomic mass is 32.1. The molecule has 6 heteroatoms. The summed E-state index contributed by atoms with van der Waals surface area (Å²) >= 11 is 1.77. The van der Waals surface area contributed by atoms with Crippen molar-refractivity contribution >= 4 is 24.5 Å². The van der Waals surface area contributed by atoms with Gasteiger partial charge in [-0.1, -0.05) is 19.1 Å². The molecule has 27 heavy (non-hydrogen) atoms. The number of hydrogen-bond acceptors (Lipinski definition) is 5. The number of likely N-dealkylation sites (tertiary alicyclic amines) is 1. The van der Waals surface area contributed by atoms with E-state index in [0.29, 0.717) is 5.92 Å². The maximum atomic E-state index is 6.23. The zero-order valence-electron chi connectivity index (χ0n) is 17.8. The summed E-state index contributed by atoms with van der Waals surface area (Å²) in [7, 11) is 1.84. The Morgan fingerprint density at radius 1 is 1.26 bits per heavy atom. The van der Waals surface area contributed by atoms with Gasteiger partial charge in [0.2, 0.25) is 0 Å². The van der Waals surface area contributed by atoms with Crippen LogP contribution in [0.1, 0.15) is 64.6 Å². The van der Waals surface area contributed by atoms with Gasteiger partial charge in [-0.2, -0.15) is 0 Å². The molecule has 4 nitrogen and oxygen atoms in total. The molecule has 1 aromatic heterocycles. The second-order valence-corrected chi connectivity index (χ2v) is 9.99. The summed E-state index contributed by atoms with van der Waals surface area (Å²) in [5.74, 6) is 1.26. The molecule has 2 aliphatic rings. The van der Waals surface area contributed by atoms with Crippen molar-refractivity contribution in [3.8, 4) is 0 Å². The van der Waals surface area contributed by atoms with Crippen molar-refractivity contribution in [2.75, 3.05) is 20.1 Å². The lowest BCUT2D eigenvalue weighted by atomic mass is 9.77. The van der Waals surface area contributed by atoms with Crippen molar-refractivity contribution in [2.24, 2.45) is 5.92 Å². The molecule has 2 unspecified atom stereocenters. The number of allylic oxidation sites excluding steroid dienone is 3. The van der Waals surface area contributed by atoms with Gasteiger partial charge in [-0.3, -0.25) is 0 Å². The zero-order valence-corrected chi connectivity index (χ0v) is 18.6. The first kappa shape index (κ1) is 20.8. The number of thiazole rings is 1. The van der Waals surface area contributed by atoms with E-state index in [2.05, 4.69) is 64.1 Å². The van der Waals surface area contributed by atoms with Crippen LogP contribution in [-0.4, -0.2) is 48.3 Å². The quantitative estimate of drug-likeness (QED) is 0.549. The van der Waals surface area contributed by atoms with Crippen molar-refractivity contribution in [3.63, 3.8) is 0 Å². The van der Waals surface area contributed by atoms with E-state index in [1.807, 2.05) is 13.0 Å². The van der Waals surface area contributed by atoms with Gasteiger partial charge >= 0.3 is 7.12 Å². The molecule has 1 aromatic rings. The molecule has 0 amide bonds. The highest BCUT2D eigenvalue weighted by molar-refractivity contribution is 7.09. The van der Waals surface area contributed by atoms with Crippen molar-refractivity contribution in [1.82, 2.24) is 9.88 Å². The van der Waals surface area contributed by atoms with Gasteiger partial charge < -0.3 is 14.2 Å². The lowest BCUT2D eigenvalue weighted by Crippen LogP contribution is -2.41. The van der Waals surface area contributed by atoms with Crippen molar-refractivity contribution in [1.29, 1.82) is 0 Å². The molecule has 2 atom stereocenters. The number of nitrogens with zero attached hydrogens (tertiary/aromatic N) is 2. The maximum absolute atomic E-state index is 6.23. The first-order chi connectivity index (χ1) is 12.6. The van der Waals surface area contributed by atoms with E-state index in [1.54, 1.807) is 11.3 Å². The Morgan fingerprint density at radius 2 is 1.93 bits per heavy atom. The molecular weight excluding hydrogens is 355 g/mol. The van der Waals surface area contributed by atoms with Crippen LogP contribution >= 0.6 is 11.3 Å². The van der Waals surface area contributed by atoms with Crippen molar-refractivity contribution in [3.05, 3.63) is 33.7 Å². The van der Waals surface area contributed by atoms with E-state index in [9.17, 15) is 0 Å². The molecule has 0 aromatic carbocycles. The summed E-state index contributed by atoms with van der Waals surface area (Å²) < 4.78 is 12.5. The van der Waals surface area contributed by atoms with Gasteiger partial charge in [0.1, 0.15) is 0 Å². The highest BCUT2D eigenvalue weighted by Gasteiger charge is 2.52. The van der Waals surface area contributed by atoms with Crippen LogP contribution in [0.2, 0.25) is 0 Å². The molecule has 2 fully saturated rings. The molecule has 2 saturated heterocycles. The van der Waals surface area contributed by atoms with E-state index in [4.69, 9.17) is 14.3 Å². The summed E-state index contributed by atoms with van der Waals surface area (Å²) in [5, 5.41) is 3.40. The summed E-state index contributed by atoms with van der Waals surface area (Å²) in [5.41, 5.74) is 1.34. The lowest BCUT2D eigenvalue weighted by Gasteiger charge is -2.32. The minimum Gasteiger partial charge on any atom is -0.399 e. The number of hydrogen-bond donors (Lipinski definition) is 0. The van der Waals surface area contributed by atoms with Gasteiger partial charge in [-0.25, -0.2) is 4.98 Å². The molecule has 148 valence electrons. The molecule has 0 saturated carbocycles. The van der Waals surface area contributed by atoms with E-state index >= 15 is 0 Å². The maximum Gasteiger partial charge on any atom is 0.494 e. The summed E-state index contributed by atoms with van der Waals surface area (Å²) in [6.45, 7) is 15.0. The SMILES string of the molecule is C/C=C\C(=C/c1csc(C2CC(C)CN(C)C2)n1)B1OC(C)(C)C(C)(C)O1. The molecule has 0 radical (unpaired) electrons. The normalized spacial score (nSPS) is 29.0. The molecule has 3 heterocycles. The molecule has 2 aliphatic heterocycles. The van der Waals surface area contributed by atoms with E-state index in [0.717, 1.165) is 23.6 Å². The second-order valence-electron chi connectivity index (χ2n) is 9.10. The highest BCUT2D eigenvalue weighted by Crippen LogP contribution is 2.39. The molecule has 0 spiro atoms. The number of piperidine rings is 1. The number of rotatable bonds is 4. The summed E-state index contributed by atoms with van der Waals surface area (Å²) in [4.78, 5) is 7.36. The van der Waals surface area contributed by atoms with Gasteiger partial charge in [0.05, 0.1) is 21.9 Å². The number of aromatic nitrogens is 1. The smallest absolute Gasteiger partial charge is 0.399 e.